The lowest BCUT2D eigenvalue weighted by atomic mass is 10.1. The lowest BCUT2D eigenvalue weighted by Gasteiger charge is -2.26. The third-order valence-electron chi connectivity index (χ3n) is 3.89. The van der Waals surface area contributed by atoms with E-state index >= 15 is 0 Å². The average Bonchev–Trinajstić information content (AvgIpc) is 2.90. The highest BCUT2D eigenvalue weighted by Gasteiger charge is 2.24. The Balaban J connectivity index is 2.39. The van der Waals surface area contributed by atoms with Crippen molar-refractivity contribution in [3.63, 3.8) is 0 Å². The number of aromatic nitrogens is 1. The number of primary amides is 1. The van der Waals surface area contributed by atoms with Gasteiger partial charge in [-0.15, -0.1) is 0 Å². The predicted octanol–water partition coefficient (Wildman–Crippen LogP) is 1.22. The van der Waals surface area contributed by atoms with Gasteiger partial charge in [-0.25, -0.2) is 4.98 Å². The molecule has 0 saturated heterocycles. The average molecular weight is 291 g/mol. The number of carboxylic acid groups (broad SMARTS) is 1. The number of aryl methyl sites for hydroxylation is 2. The highest BCUT2D eigenvalue weighted by atomic mass is 16.4. The predicted molar refractivity (Wildman–Crippen MR) is 79.5 cm³/mol. The van der Waals surface area contributed by atoms with Crippen LogP contribution in [0.2, 0.25) is 0 Å². The van der Waals surface area contributed by atoms with E-state index in [2.05, 4.69) is 4.98 Å². The maximum Gasteiger partial charge on any atom is 0.308 e. The van der Waals surface area contributed by atoms with Crippen LogP contribution in [-0.4, -0.2) is 35.1 Å². The van der Waals surface area contributed by atoms with E-state index in [4.69, 9.17) is 10.8 Å². The molecule has 1 unspecified atom stereocenters. The molecule has 0 aromatic carbocycles. The standard InChI is InChI=1S/C15H21N3O3/c1-3-18(8-9(2)15(20)21)14-11(13(16)19)7-10-5-4-6-12(10)17-14/h7,9H,3-6,8H2,1-2H3,(H2,16,19)(H,20,21). The largest absolute Gasteiger partial charge is 0.481 e. The topological polar surface area (TPSA) is 96.5 Å². The van der Waals surface area contributed by atoms with Gasteiger partial charge in [-0.05, 0) is 37.8 Å². The Hall–Kier alpha value is -2.11. The number of fused-ring (bicyclic) bond motifs is 1. The van der Waals surface area contributed by atoms with Crippen molar-refractivity contribution in [2.75, 3.05) is 18.0 Å². The Bertz CT molecular complexity index is 572. The Morgan fingerprint density at radius 3 is 2.76 bits per heavy atom. The van der Waals surface area contributed by atoms with Gasteiger partial charge in [0.25, 0.3) is 5.91 Å². The summed E-state index contributed by atoms with van der Waals surface area (Å²) in [7, 11) is 0. The molecule has 2 rings (SSSR count). The van der Waals surface area contributed by atoms with Crippen molar-refractivity contribution >= 4 is 17.7 Å². The molecule has 1 atom stereocenters. The number of carbonyl (C=O) groups is 2. The van der Waals surface area contributed by atoms with Crippen LogP contribution in [-0.2, 0) is 17.6 Å². The molecule has 0 bridgehead atoms. The second-order valence-corrected chi connectivity index (χ2v) is 5.46. The smallest absolute Gasteiger partial charge is 0.308 e. The fourth-order valence-electron chi connectivity index (χ4n) is 2.66. The molecule has 3 N–H and O–H groups in total. The van der Waals surface area contributed by atoms with Gasteiger partial charge < -0.3 is 15.7 Å². The Morgan fingerprint density at radius 1 is 1.48 bits per heavy atom. The quantitative estimate of drug-likeness (QED) is 0.821. The van der Waals surface area contributed by atoms with Crippen molar-refractivity contribution in [1.29, 1.82) is 0 Å². The Morgan fingerprint density at radius 2 is 2.19 bits per heavy atom. The minimum Gasteiger partial charge on any atom is -0.481 e. The molecule has 6 heteroatoms. The maximum absolute atomic E-state index is 11.7. The highest BCUT2D eigenvalue weighted by Crippen LogP contribution is 2.27. The zero-order valence-corrected chi connectivity index (χ0v) is 12.4. The van der Waals surface area contributed by atoms with E-state index in [0.29, 0.717) is 24.5 Å². The molecular formula is C15H21N3O3. The number of nitrogens with zero attached hydrogens (tertiary/aromatic N) is 2. The van der Waals surface area contributed by atoms with Crippen LogP contribution in [0.25, 0.3) is 0 Å². The van der Waals surface area contributed by atoms with Gasteiger partial charge in [0.05, 0.1) is 11.5 Å². The van der Waals surface area contributed by atoms with Crippen LogP contribution in [0.5, 0.6) is 0 Å². The molecule has 6 nitrogen and oxygen atoms in total. The van der Waals surface area contributed by atoms with Crippen LogP contribution < -0.4 is 10.6 Å². The summed E-state index contributed by atoms with van der Waals surface area (Å²) in [4.78, 5) is 29.2. The second kappa shape index (κ2) is 6.11. The zero-order chi connectivity index (χ0) is 15.6. The molecule has 0 saturated carbocycles. The summed E-state index contributed by atoms with van der Waals surface area (Å²) in [5, 5.41) is 9.07. The van der Waals surface area contributed by atoms with E-state index in [1.54, 1.807) is 6.92 Å². The van der Waals surface area contributed by atoms with Crippen molar-refractivity contribution in [3.8, 4) is 0 Å². The minimum atomic E-state index is -0.866. The number of anilines is 1. The number of carbonyl (C=O) groups excluding carboxylic acids is 1. The molecule has 1 aromatic rings. The Kier molecular flexibility index (Phi) is 4.45. The lowest BCUT2D eigenvalue weighted by molar-refractivity contribution is -0.140. The molecule has 1 amide bonds. The summed E-state index contributed by atoms with van der Waals surface area (Å²) in [6.07, 6.45) is 2.84. The number of hydrogen-bond donors (Lipinski definition) is 2. The van der Waals surface area contributed by atoms with Gasteiger partial charge in [-0.3, -0.25) is 9.59 Å². The fourth-order valence-corrected chi connectivity index (χ4v) is 2.66. The molecule has 21 heavy (non-hydrogen) atoms. The summed E-state index contributed by atoms with van der Waals surface area (Å²) in [6, 6.07) is 1.82. The number of pyridine rings is 1. The van der Waals surface area contributed by atoms with E-state index < -0.39 is 17.8 Å². The van der Waals surface area contributed by atoms with Crippen LogP contribution >= 0.6 is 0 Å². The molecule has 1 heterocycles. The van der Waals surface area contributed by atoms with E-state index in [-0.39, 0.29) is 0 Å². The van der Waals surface area contributed by atoms with E-state index in [0.717, 1.165) is 30.5 Å². The minimum absolute atomic E-state index is 0.303. The van der Waals surface area contributed by atoms with Crippen LogP contribution in [0.15, 0.2) is 6.07 Å². The SMILES string of the molecule is CCN(CC(C)C(=O)O)c1nc2c(cc1C(N)=O)CCC2. The van der Waals surface area contributed by atoms with Crippen LogP contribution in [0, 0.1) is 5.92 Å². The van der Waals surface area contributed by atoms with E-state index in [1.165, 1.54) is 0 Å². The van der Waals surface area contributed by atoms with Crippen molar-refractivity contribution < 1.29 is 14.7 Å². The van der Waals surface area contributed by atoms with Crippen molar-refractivity contribution in [3.05, 3.63) is 22.9 Å². The molecule has 0 radical (unpaired) electrons. The molecule has 1 aromatic heterocycles. The molecule has 114 valence electrons. The summed E-state index contributed by atoms with van der Waals surface area (Å²) in [6.45, 7) is 4.43. The van der Waals surface area contributed by atoms with Crippen molar-refractivity contribution in [2.24, 2.45) is 11.7 Å². The summed E-state index contributed by atoms with van der Waals surface area (Å²) >= 11 is 0. The molecule has 1 aliphatic carbocycles. The molecule has 0 spiro atoms. The molecular weight excluding hydrogens is 270 g/mol. The highest BCUT2D eigenvalue weighted by molar-refractivity contribution is 5.98. The van der Waals surface area contributed by atoms with Gasteiger partial charge in [0.2, 0.25) is 0 Å². The van der Waals surface area contributed by atoms with Crippen LogP contribution in [0.4, 0.5) is 5.82 Å². The number of nitrogens with two attached hydrogens (primary N) is 1. The number of amides is 1. The first-order valence-electron chi connectivity index (χ1n) is 7.24. The lowest BCUT2D eigenvalue weighted by Crippen LogP contribution is -2.34. The maximum atomic E-state index is 11.7. The van der Waals surface area contributed by atoms with Crippen molar-refractivity contribution in [2.45, 2.75) is 33.1 Å². The fraction of sp³-hybridized carbons (Fsp3) is 0.533. The van der Waals surface area contributed by atoms with E-state index in [9.17, 15) is 9.59 Å². The molecule has 0 aliphatic heterocycles. The summed E-state index contributed by atoms with van der Waals surface area (Å²) in [5.74, 6) is -1.41. The van der Waals surface area contributed by atoms with Gasteiger partial charge >= 0.3 is 5.97 Å². The van der Waals surface area contributed by atoms with Gasteiger partial charge in [0.15, 0.2) is 0 Å². The van der Waals surface area contributed by atoms with E-state index in [1.807, 2.05) is 17.9 Å². The number of rotatable bonds is 6. The normalized spacial score (nSPS) is 14.6. The third kappa shape index (κ3) is 3.15. The monoisotopic (exact) mass is 291 g/mol. The van der Waals surface area contributed by atoms with Gasteiger partial charge in [0.1, 0.15) is 5.82 Å². The van der Waals surface area contributed by atoms with Gasteiger partial charge in [-0.2, -0.15) is 0 Å². The van der Waals surface area contributed by atoms with Crippen LogP contribution in [0.1, 0.15) is 41.9 Å². The first-order chi connectivity index (χ1) is 9.93. The summed E-state index contributed by atoms with van der Waals surface area (Å²) in [5.41, 5.74) is 7.93. The van der Waals surface area contributed by atoms with Crippen molar-refractivity contribution in [1.82, 2.24) is 4.98 Å². The Labute approximate surface area is 124 Å². The second-order valence-electron chi connectivity index (χ2n) is 5.46. The summed E-state index contributed by atoms with van der Waals surface area (Å²) < 4.78 is 0. The first-order valence-corrected chi connectivity index (χ1v) is 7.24. The third-order valence-corrected chi connectivity index (χ3v) is 3.89. The number of hydrogen-bond acceptors (Lipinski definition) is 4. The van der Waals surface area contributed by atoms with Gasteiger partial charge in [0, 0.05) is 18.8 Å². The first kappa shape index (κ1) is 15.3. The van der Waals surface area contributed by atoms with Crippen LogP contribution in [0.3, 0.4) is 0 Å². The molecule has 1 aliphatic rings. The number of aliphatic carboxylic acids is 1. The number of carboxylic acids is 1. The van der Waals surface area contributed by atoms with Gasteiger partial charge in [-0.1, -0.05) is 6.92 Å². The zero-order valence-electron chi connectivity index (χ0n) is 12.4. The molecule has 0 fully saturated rings.